The summed E-state index contributed by atoms with van der Waals surface area (Å²) in [7, 11) is -4.63. The Morgan fingerprint density at radius 3 is 2.54 bits per heavy atom. The van der Waals surface area contributed by atoms with E-state index in [1.165, 1.54) is 5.56 Å². The van der Waals surface area contributed by atoms with Gasteiger partial charge in [0.25, 0.3) is 0 Å². The fraction of sp³-hybridized carbons (Fsp3) is 0.250. The monoisotopic (exact) mass is 352 g/mol. The Kier molecular flexibility index (Phi) is 5.01. The van der Waals surface area contributed by atoms with Crippen LogP contribution in [0.5, 0.6) is 5.75 Å². The van der Waals surface area contributed by atoms with Crippen LogP contribution >= 0.6 is 7.82 Å². The van der Waals surface area contributed by atoms with Gasteiger partial charge in [0, 0.05) is 12.0 Å². The van der Waals surface area contributed by atoms with Crippen molar-refractivity contribution in [2.45, 2.75) is 12.5 Å². The highest BCUT2D eigenvalue weighted by atomic mass is 31.2. The van der Waals surface area contributed by atoms with Gasteiger partial charge in [-0.25, -0.2) is 9.45 Å². The smallest absolute Gasteiger partial charge is 0.469 e. The summed E-state index contributed by atoms with van der Waals surface area (Å²) >= 11 is 0. The van der Waals surface area contributed by atoms with E-state index in [2.05, 4.69) is 21.5 Å². The maximum absolute atomic E-state index is 10.7. The van der Waals surface area contributed by atoms with Gasteiger partial charge in [-0.3, -0.25) is 9.78 Å². The Bertz CT molecular complexity index is 771. The van der Waals surface area contributed by atoms with Gasteiger partial charge in [-0.2, -0.15) is 0 Å². The van der Waals surface area contributed by atoms with Gasteiger partial charge in [-0.1, -0.05) is 36.4 Å². The summed E-state index contributed by atoms with van der Waals surface area (Å²) < 4.78 is 20.7. The highest BCUT2D eigenvalue weighted by molar-refractivity contribution is 7.46. The molecule has 0 heterocycles. The molecular weight excluding hydrogens is 335 g/mol. The number of fused-ring (bicyclic) bond motifs is 3. The van der Waals surface area contributed by atoms with Gasteiger partial charge >= 0.3 is 7.82 Å². The van der Waals surface area contributed by atoms with Crippen LogP contribution in [-0.2, 0) is 20.4 Å². The van der Waals surface area contributed by atoms with Crippen LogP contribution in [0.4, 0.5) is 0 Å². The highest BCUT2D eigenvalue weighted by Crippen LogP contribution is 2.41. The number of hydrogen-bond donors (Lipinski definition) is 3. The molecule has 0 bridgehead atoms. The largest absolute Gasteiger partial charge is 0.490 e. The predicted molar refractivity (Wildman–Crippen MR) is 85.7 cm³/mol. The van der Waals surface area contributed by atoms with E-state index in [9.17, 15) is 4.57 Å². The van der Waals surface area contributed by atoms with Crippen molar-refractivity contribution in [1.82, 2.24) is 0 Å². The molecule has 8 heteroatoms. The Balaban J connectivity index is 1.70. The molecule has 0 amide bonds. The second-order valence-corrected chi connectivity index (χ2v) is 6.68. The first-order chi connectivity index (χ1) is 11.5. The summed E-state index contributed by atoms with van der Waals surface area (Å²) in [5.41, 5.74) is 4.50. The van der Waals surface area contributed by atoms with Crippen molar-refractivity contribution >= 4 is 7.82 Å². The molecule has 3 N–H and O–H groups in total. The van der Waals surface area contributed by atoms with Crippen molar-refractivity contribution in [2.75, 3.05) is 13.2 Å². The molecule has 3 rings (SSSR count). The molecule has 1 aliphatic carbocycles. The van der Waals surface area contributed by atoms with Gasteiger partial charge in [0.1, 0.15) is 12.4 Å². The molecular formula is C16H17O7P. The fourth-order valence-corrected chi connectivity index (χ4v) is 3.10. The van der Waals surface area contributed by atoms with Crippen molar-refractivity contribution in [3.05, 3.63) is 53.6 Å². The molecule has 1 atom stereocenters. The molecule has 2 aromatic carbocycles. The van der Waals surface area contributed by atoms with Gasteiger partial charge in [0.05, 0.1) is 6.61 Å². The third-order valence-electron chi connectivity index (χ3n) is 3.81. The predicted octanol–water partition coefficient (Wildman–Crippen LogP) is 2.60. The van der Waals surface area contributed by atoms with E-state index in [-0.39, 0.29) is 6.61 Å². The first kappa shape index (κ1) is 17.1. The summed E-state index contributed by atoms with van der Waals surface area (Å²) in [6, 6.07) is 13.8. The van der Waals surface area contributed by atoms with Gasteiger partial charge in [0.2, 0.25) is 0 Å². The van der Waals surface area contributed by atoms with E-state index in [1.807, 2.05) is 30.3 Å². The second-order valence-electron chi connectivity index (χ2n) is 5.44. The van der Waals surface area contributed by atoms with Gasteiger partial charge < -0.3 is 14.5 Å². The van der Waals surface area contributed by atoms with E-state index in [0.717, 1.165) is 23.1 Å². The van der Waals surface area contributed by atoms with Crippen LogP contribution in [0.15, 0.2) is 42.5 Å². The van der Waals surface area contributed by atoms with Crippen LogP contribution in [0.25, 0.3) is 11.1 Å². The lowest BCUT2D eigenvalue weighted by Crippen LogP contribution is -2.26. The van der Waals surface area contributed by atoms with E-state index in [1.54, 1.807) is 0 Å². The van der Waals surface area contributed by atoms with Crippen LogP contribution < -0.4 is 4.74 Å². The maximum atomic E-state index is 10.7. The quantitative estimate of drug-likeness (QED) is 0.341. The van der Waals surface area contributed by atoms with Crippen LogP contribution in [0.3, 0.4) is 0 Å². The summed E-state index contributed by atoms with van der Waals surface area (Å²) in [5, 5.41) is 8.82. The first-order valence-electron chi connectivity index (χ1n) is 7.31. The van der Waals surface area contributed by atoms with Crippen LogP contribution in [0.2, 0.25) is 0 Å². The Morgan fingerprint density at radius 2 is 1.79 bits per heavy atom. The molecule has 24 heavy (non-hydrogen) atoms. The number of hydrogen-bond acceptors (Lipinski definition) is 5. The fourth-order valence-electron chi connectivity index (χ4n) is 2.74. The topological polar surface area (TPSA) is 105 Å². The minimum absolute atomic E-state index is 0.108. The van der Waals surface area contributed by atoms with E-state index in [4.69, 9.17) is 19.8 Å². The third-order valence-corrected chi connectivity index (χ3v) is 4.30. The van der Waals surface area contributed by atoms with E-state index in [0.29, 0.717) is 5.75 Å². The standard InChI is InChI=1S/C16H17O7P/c17-23-12(10-22-24(18,19)20)9-21-16-7-3-6-14-13-5-2-1-4-11(13)8-15(14)16/h1-7,12,17H,8-10H2,(H2,18,19,20)/t12-/m1/s1. The number of ether oxygens (including phenoxy) is 1. The molecule has 0 fully saturated rings. The summed E-state index contributed by atoms with van der Waals surface area (Å²) in [6.45, 7) is -0.598. The van der Waals surface area contributed by atoms with Crippen LogP contribution in [0, 0.1) is 0 Å². The van der Waals surface area contributed by atoms with Crippen molar-refractivity contribution < 1.29 is 33.8 Å². The van der Waals surface area contributed by atoms with Gasteiger partial charge in [-0.15, -0.1) is 0 Å². The minimum Gasteiger partial charge on any atom is -0.490 e. The third kappa shape index (κ3) is 3.84. The zero-order chi connectivity index (χ0) is 17.2. The lowest BCUT2D eigenvalue weighted by atomic mass is 10.1. The zero-order valence-electron chi connectivity index (χ0n) is 12.7. The molecule has 2 aromatic rings. The van der Waals surface area contributed by atoms with Crippen molar-refractivity contribution in [2.24, 2.45) is 0 Å². The number of rotatable bonds is 7. The molecule has 128 valence electrons. The van der Waals surface area contributed by atoms with E-state index < -0.39 is 20.5 Å². The van der Waals surface area contributed by atoms with Crippen LogP contribution in [0.1, 0.15) is 11.1 Å². The summed E-state index contributed by atoms with van der Waals surface area (Å²) in [4.78, 5) is 21.5. The summed E-state index contributed by atoms with van der Waals surface area (Å²) in [6.07, 6.45) is -0.275. The number of benzene rings is 2. The van der Waals surface area contributed by atoms with Gasteiger partial charge in [-0.05, 0) is 22.8 Å². The van der Waals surface area contributed by atoms with Crippen molar-refractivity contribution in [3.63, 3.8) is 0 Å². The Labute approximate surface area is 138 Å². The van der Waals surface area contributed by atoms with Crippen molar-refractivity contribution in [1.29, 1.82) is 0 Å². The highest BCUT2D eigenvalue weighted by Gasteiger charge is 2.23. The SMILES string of the molecule is O=P(O)(O)OC[C@@H](COc1cccc2c1Cc1ccccc1-2)OO. The lowest BCUT2D eigenvalue weighted by molar-refractivity contribution is -0.288. The molecule has 0 saturated carbocycles. The molecule has 7 nitrogen and oxygen atoms in total. The Morgan fingerprint density at radius 1 is 1.04 bits per heavy atom. The van der Waals surface area contributed by atoms with Crippen molar-refractivity contribution in [3.8, 4) is 16.9 Å². The first-order valence-corrected chi connectivity index (χ1v) is 8.84. The lowest BCUT2D eigenvalue weighted by Gasteiger charge is -2.16. The summed E-state index contributed by atoms with van der Waals surface area (Å²) in [5.74, 6) is 0.641. The van der Waals surface area contributed by atoms with E-state index >= 15 is 0 Å². The van der Waals surface area contributed by atoms with Crippen LogP contribution in [-0.4, -0.2) is 34.4 Å². The normalized spacial score (nSPS) is 14.1. The average Bonchev–Trinajstić information content (AvgIpc) is 2.93. The number of phosphoric ester groups is 1. The zero-order valence-corrected chi connectivity index (χ0v) is 13.6. The molecule has 1 aliphatic rings. The second kappa shape index (κ2) is 7.03. The van der Waals surface area contributed by atoms with Gasteiger partial charge in [0.15, 0.2) is 6.10 Å². The molecule has 0 aromatic heterocycles. The molecule has 0 unspecified atom stereocenters. The average molecular weight is 352 g/mol. The Hall–Kier alpha value is -1.73. The molecule has 0 radical (unpaired) electrons. The molecule has 0 saturated heterocycles. The maximum Gasteiger partial charge on any atom is 0.469 e. The molecule has 0 aliphatic heterocycles. The minimum atomic E-state index is -4.63. The molecule has 0 spiro atoms. The number of phosphoric acid groups is 1.